The van der Waals surface area contributed by atoms with E-state index in [1.165, 1.54) is 0 Å². The van der Waals surface area contributed by atoms with Crippen molar-refractivity contribution in [1.82, 2.24) is 4.90 Å². The van der Waals surface area contributed by atoms with Gasteiger partial charge in [-0.2, -0.15) is 0 Å². The lowest BCUT2D eigenvalue weighted by Gasteiger charge is -2.20. The van der Waals surface area contributed by atoms with Gasteiger partial charge in [-0.25, -0.2) is 0 Å². The fourth-order valence-electron chi connectivity index (χ4n) is 1.83. The van der Waals surface area contributed by atoms with Gasteiger partial charge in [0, 0.05) is 24.2 Å². The number of carbonyl (C=O) groups excluding carboxylic acids is 1. The third kappa shape index (κ3) is 3.12. The van der Waals surface area contributed by atoms with Gasteiger partial charge in [0.05, 0.1) is 6.54 Å². The fraction of sp³-hybridized carbons (Fsp3) is 0.400. The van der Waals surface area contributed by atoms with Crippen LogP contribution in [0.5, 0.6) is 0 Å². The summed E-state index contributed by atoms with van der Waals surface area (Å²) in [5, 5.41) is 0. The SMILES string of the molecule is CCN(CC)C(=O)c1cccc(C#CCN)c1C. The van der Waals surface area contributed by atoms with E-state index < -0.39 is 0 Å². The van der Waals surface area contributed by atoms with Crippen molar-refractivity contribution in [3.05, 3.63) is 34.9 Å². The minimum atomic E-state index is 0.0638. The molecule has 0 saturated heterocycles. The van der Waals surface area contributed by atoms with E-state index in [0.717, 1.165) is 16.7 Å². The molecular formula is C15H20N2O. The zero-order valence-corrected chi connectivity index (χ0v) is 11.3. The highest BCUT2D eigenvalue weighted by molar-refractivity contribution is 5.96. The molecule has 2 N–H and O–H groups in total. The number of hydrogen-bond donors (Lipinski definition) is 1. The second kappa shape index (κ2) is 6.83. The van der Waals surface area contributed by atoms with Crippen LogP contribution in [-0.2, 0) is 0 Å². The zero-order valence-electron chi connectivity index (χ0n) is 11.3. The Labute approximate surface area is 109 Å². The molecule has 0 spiro atoms. The Kier molecular flexibility index (Phi) is 5.41. The molecule has 1 aromatic carbocycles. The first-order valence-corrected chi connectivity index (χ1v) is 6.23. The number of rotatable bonds is 3. The van der Waals surface area contributed by atoms with Crippen LogP contribution in [0.3, 0.4) is 0 Å². The van der Waals surface area contributed by atoms with E-state index in [9.17, 15) is 4.79 Å². The van der Waals surface area contributed by atoms with Crippen LogP contribution in [0.15, 0.2) is 18.2 Å². The van der Waals surface area contributed by atoms with Gasteiger partial charge in [-0.1, -0.05) is 17.9 Å². The molecule has 3 heteroatoms. The molecule has 96 valence electrons. The summed E-state index contributed by atoms with van der Waals surface area (Å²) in [4.78, 5) is 14.1. The van der Waals surface area contributed by atoms with Crippen LogP contribution >= 0.6 is 0 Å². The van der Waals surface area contributed by atoms with Crippen LogP contribution in [0, 0.1) is 18.8 Å². The highest BCUT2D eigenvalue weighted by Crippen LogP contribution is 2.15. The number of nitrogens with zero attached hydrogens (tertiary/aromatic N) is 1. The Morgan fingerprint density at radius 3 is 2.56 bits per heavy atom. The molecule has 18 heavy (non-hydrogen) atoms. The Balaban J connectivity index is 3.14. The number of carbonyl (C=O) groups is 1. The van der Waals surface area contributed by atoms with E-state index in [2.05, 4.69) is 11.8 Å². The maximum atomic E-state index is 12.3. The molecule has 1 amide bonds. The second-order valence-electron chi connectivity index (χ2n) is 3.96. The molecule has 0 heterocycles. The molecule has 0 radical (unpaired) electrons. The van der Waals surface area contributed by atoms with Crippen molar-refractivity contribution >= 4 is 5.91 Å². The molecule has 0 unspecified atom stereocenters. The molecule has 1 aromatic rings. The summed E-state index contributed by atoms with van der Waals surface area (Å²) in [5.74, 6) is 5.88. The quantitative estimate of drug-likeness (QED) is 0.824. The van der Waals surface area contributed by atoms with Gasteiger partial charge in [0.25, 0.3) is 5.91 Å². The second-order valence-corrected chi connectivity index (χ2v) is 3.96. The van der Waals surface area contributed by atoms with E-state index >= 15 is 0 Å². The topological polar surface area (TPSA) is 46.3 Å². The van der Waals surface area contributed by atoms with Gasteiger partial charge in [-0.15, -0.1) is 0 Å². The maximum absolute atomic E-state index is 12.3. The lowest BCUT2D eigenvalue weighted by atomic mass is 10.0. The van der Waals surface area contributed by atoms with Crippen molar-refractivity contribution in [2.24, 2.45) is 5.73 Å². The molecular weight excluding hydrogens is 224 g/mol. The summed E-state index contributed by atoms with van der Waals surface area (Å²) in [6, 6.07) is 5.63. The molecule has 0 atom stereocenters. The van der Waals surface area contributed by atoms with Crippen LogP contribution in [-0.4, -0.2) is 30.4 Å². The first kappa shape index (κ1) is 14.3. The molecule has 3 nitrogen and oxygen atoms in total. The fourth-order valence-corrected chi connectivity index (χ4v) is 1.83. The van der Waals surface area contributed by atoms with Gasteiger partial charge in [0.2, 0.25) is 0 Å². The lowest BCUT2D eigenvalue weighted by molar-refractivity contribution is 0.0772. The summed E-state index contributed by atoms with van der Waals surface area (Å²) in [5.41, 5.74) is 7.89. The first-order valence-electron chi connectivity index (χ1n) is 6.23. The molecule has 0 saturated carbocycles. The summed E-state index contributed by atoms with van der Waals surface area (Å²) in [6.07, 6.45) is 0. The van der Waals surface area contributed by atoms with E-state index in [4.69, 9.17) is 5.73 Å². The van der Waals surface area contributed by atoms with Gasteiger partial charge in [-0.05, 0) is 38.5 Å². The predicted octanol–water partition coefficient (Wildman–Crippen LogP) is 1.79. The van der Waals surface area contributed by atoms with Crippen LogP contribution in [0.2, 0.25) is 0 Å². The van der Waals surface area contributed by atoms with E-state index in [-0.39, 0.29) is 5.91 Å². The van der Waals surface area contributed by atoms with E-state index in [1.54, 1.807) is 0 Å². The average Bonchev–Trinajstić information content (AvgIpc) is 2.39. The summed E-state index contributed by atoms with van der Waals surface area (Å²) in [7, 11) is 0. The van der Waals surface area contributed by atoms with Gasteiger partial charge in [0.1, 0.15) is 0 Å². The predicted molar refractivity (Wildman–Crippen MR) is 74.4 cm³/mol. The largest absolute Gasteiger partial charge is 0.339 e. The van der Waals surface area contributed by atoms with Gasteiger partial charge in [0.15, 0.2) is 0 Å². The molecule has 1 rings (SSSR count). The third-order valence-corrected chi connectivity index (χ3v) is 2.94. The van der Waals surface area contributed by atoms with Gasteiger partial charge >= 0.3 is 0 Å². The average molecular weight is 244 g/mol. The number of amides is 1. The minimum absolute atomic E-state index is 0.0638. The monoisotopic (exact) mass is 244 g/mol. The smallest absolute Gasteiger partial charge is 0.254 e. The van der Waals surface area contributed by atoms with Crippen LogP contribution < -0.4 is 5.73 Å². The molecule has 0 aliphatic carbocycles. The van der Waals surface area contributed by atoms with Crippen molar-refractivity contribution in [2.75, 3.05) is 19.6 Å². The molecule has 0 aliphatic heterocycles. The number of hydrogen-bond acceptors (Lipinski definition) is 2. The van der Waals surface area contributed by atoms with Crippen molar-refractivity contribution in [1.29, 1.82) is 0 Å². The van der Waals surface area contributed by atoms with Crippen LogP contribution in [0.1, 0.15) is 35.3 Å². The molecule has 0 fully saturated rings. The normalized spacial score (nSPS) is 9.56. The Bertz CT molecular complexity index is 479. The van der Waals surface area contributed by atoms with E-state index in [0.29, 0.717) is 19.6 Å². The summed E-state index contributed by atoms with van der Waals surface area (Å²) < 4.78 is 0. The van der Waals surface area contributed by atoms with Crippen molar-refractivity contribution < 1.29 is 4.79 Å². The number of nitrogens with two attached hydrogens (primary N) is 1. The minimum Gasteiger partial charge on any atom is -0.339 e. The Hall–Kier alpha value is -1.79. The summed E-state index contributed by atoms with van der Waals surface area (Å²) >= 11 is 0. The molecule has 0 aromatic heterocycles. The van der Waals surface area contributed by atoms with Gasteiger partial charge < -0.3 is 10.6 Å². The lowest BCUT2D eigenvalue weighted by Crippen LogP contribution is -2.31. The first-order chi connectivity index (χ1) is 8.65. The van der Waals surface area contributed by atoms with Crippen molar-refractivity contribution in [3.8, 4) is 11.8 Å². The Morgan fingerprint density at radius 2 is 2.00 bits per heavy atom. The zero-order chi connectivity index (χ0) is 13.5. The van der Waals surface area contributed by atoms with Crippen LogP contribution in [0.25, 0.3) is 0 Å². The molecule has 0 aliphatic rings. The molecule has 0 bridgehead atoms. The Morgan fingerprint density at radius 1 is 1.33 bits per heavy atom. The van der Waals surface area contributed by atoms with Crippen LogP contribution in [0.4, 0.5) is 0 Å². The third-order valence-electron chi connectivity index (χ3n) is 2.94. The van der Waals surface area contributed by atoms with E-state index in [1.807, 2.05) is 43.9 Å². The highest BCUT2D eigenvalue weighted by Gasteiger charge is 2.15. The number of benzene rings is 1. The maximum Gasteiger partial charge on any atom is 0.254 e. The van der Waals surface area contributed by atoms with Crippen molar-refractivity contribution in [2.45, 2.75) is 20.8 Å². The highest BCUT2D eigenvalue weighted by atomic mass is 16.2. The van der Waals surface area contributed by atoms with Crippen molar-refractivity contribution in [3.63, 3.8) is 0 Å². The standard InChI is InChI=1S/C15H20N2O/c1-4-17(5-2)15(18)14-10-6-8-13(12(14)3)9-7-11-16/h6,8,10H,4-5,11,16H2,1-3H3. The summed E-state index contributed by atoms with van der Waals surface area (Å²) in [6.45, 7) is 7.65. The van der Waals surface area contributed by atoms with Gasteiger partial charge in [-0.3, -0.25) is 4.79 Å².